The SMILES string of the molecule is CCOc1cccc2sc(N(CCCN3CCOCC3)C(=O)c3ccn(C)n3)nc12.Cl. The van der Waals surface area contributed by atoms with E-state index in [4.69, 9.17) is 14.5 Å². The van der Waals surface area contributed by atoms with E-state index in [2.05, 4.69) is 10.00 Å². The Bertz CT molecular complexity index is 1000. The molecule has 0 bridgehead atoms. The zero-order valence-electron chi connectivity index (χ0n) is 17.8. The number of ether oxygens (including phenoxy) is 2. The molecular formula is C21H28ClN5O3S. The summed E-state index contributed by atoms with van der Waals surface area (Å²) in [5.41, 5.74) is 1.22. The molecule has 0 spiro atoms. The summed E-state index contributed by atoms with van der Waals surface area (Å²) in [5, 5.41) is 4.98. The van der Waals surface area contributed by atoms with Gasteiger partial charge in [0.15, 0.2) is 10.8 Å². The van der Waals surface area contributed by atoms with Crippen LogP contribution in [0.4, 0.5) is 5.13 Å². The van der Waals surface area contributed by atoms with Gasteiger partial charge >= 0.3 is 0 Å². The number of amides is 1. The molecule has 0 N–H and O–H groups in total. The normalized spacial score (nSPS) is 14.4. The quantitative estimate of drug-likeness (QED) is 0.508. The summed E-state index contributed by atoms with van der Waals surface area (Å²) < 4.78 is 13.8. The van der Waals surface area contributed by atoms with Crippen LogP contribution in [0.15, 0.2) is 30.5 Å². The van der Waals surface area contributed by atoms with Gasteiger partial charge in [-0.2, -0.15) is 5.10 Å². The zero-order valence-corrected chi connectivity index (χ0v) is 19.5. The number of nitrogens with zero attached hydrogens (tertiary/aromatic N) is 5. The second-order valence-corrected chi connectivity index (χ2v) is 8.18. The molecule has 0 atom stereocenters. The number of carbonyl (C=O) groups is 1. The summed E-state index contributed by atoms with van der Waals surface area (Å²) in [4.78, 5) is 22.2. The molecule has 1 amide bonds. The van der Waals surface area contributed by atoms with E-state index < -0.39 is 0 Å². The molecule has 1 saturated heterocycles. The molecule has 31 heavy (non-hydrogen) atoms. The van der Waals surface area contributed by atoms with Gasteiger partial charge < -0.3 is 9.47 Å². The van der Waals surface area contributed by atoms with Crippen molar-refractivity contribution < 1.29 is 14.3 Å². The number of hydrogen-bond acceptors (Lipinski definition) is 7. The van der Waals surface area contributed by atoms with Crippen LogP contribution in [0.25, 0.3) is 10.2 Å². The van der Waals surface area contributed by atoms with Crippen molar-refractivity contribution in [2.45, 2.75) is 13.3 Å². The van der Waals surface area contributed by atoms with E-state index in [1.54, 1.807) is 21.8 Å². The summed E-state index contributed by atoms with van der Waals surface area (Å²) >= 11 is 1.51. The van der Waals surface area contributed by atoms with Gasteiger partial charge in [0.05, 0.1) is 24.5 Å². The first-order valence-electron chi connectivity index (χ1n) is 10.3. The van der Waals surface area contributed by atoms with Crippen LogP contribution >= 0.6 is 23.7 Å². The molecule has 2 aromatic heterocycles. The monoisotopic (exact) mass is 465 g/mol. The molecule has 3 aromatic rings. The van der Waals surface area contributed by atoms with E-state index in [0.717, 1.165) is 55.2 Å². The Morgan fingerprint density at radius 3 is 2.81 bits per heavy atom. The molecule has 0 aliphatic carbocycles. The molecule has 1 aliphatic heterocycles. The predicted molar refractivity (Wildman–Crippen MR) is 125 cm³/mol. The minimum absolute atomic E-state index is 0. The maximum atomic E-state index is 13.3. The summed E-state index contributed by atoms with van der Waals surface area (Å²) in [5.74, 6) is 0.616. The van der Waals surface area contributed by atoms with E-state index in [-0.39, 0.29) is 18.3 Å². The number of para-hydroxylation sites is 1. The van der Waals surface area contributed by atoms with Crippen LogP contribution in [0.2, 0.25) is 0 Å². The average molecular weight is 466 g/mol. The first-order chi connectivity index (χ1) is 14.7. The van der Waals surface area contributed by atoms with Gasteiger partial charge in [0, 0.05) is 39.4 Å². The maximum absolute atomic E-state index is 13.3. The lowest BCUT2D eigenvalue weighted by Gasteiger charge is -2.27. The molecule has 8 nitrogen and oxygen atoms in total. The van der Waals surface area contributed by atoms with Crippen molar-refractivity contribution in [3.05, 3.63) is 36.2 Å². The number of halogens is 1. The van der Waals surface area contributed by atoms with Crippen LogP contribution in [0.1, 0.15) is 23.8 Å². The molecule has 10 heteroatoms. The van der Waals surface area contributed by atoms with Gasteiger partial charge in [0.1, 0.15) is 11.3 Å². The van der Waals surface area contributed by atoms with Gasteiger partial charge in [-0.25, -0.2) is 4.98 Å². The van der Waals surface area contributed by atoms with E-state index in [1.807, 2.05) is 32.2 Å². The van der Waals surface area contributed by atoms with Gasteiger partial charge in [-0.05, 0) is 31.5 Å². The second kappa shape index (κ2) is 10.9. The minimum Gasteiger partial charge on any atom is -0.492 e. The van der Waals surface area contributed by atoms with Crippen LogP contribution in [-0.2, 0) is 11.8 Å². The van der Waals surface area contributed by atoms with E-state index in [9.17, 15) is 4.79 Å². The number of anilines is 1. The minimum atomic E-state index is -0.130. The fourth-order valence-corrected chi connectivity index (χ4v) is 4.54. The lowest BCUT2D eigenvalue weighted by molar-refractivity contribution is 0.0376. The smallest absolute Gasteiger partial charge is 0.280 e. The summed E-state index contributed by atoms with van der Waals surface area (Å²) in [7, 11) is 1.81. The Morgan fingerprint density at radius 1 is 1.29 bits per heavy atom. The standard InChI is InChI=1S/C21H27N5O3S.ClH/c1-3-29-17-6-4-7-18-19(17)22-21(30-18)26(20(27)16-8-11-24(2)23-16)10-5-9-25-12-14-28-15-13-25;/h4,6-8,11H,3,5,9-10,12-15H2,1-2H3;1H. The highest BCUT2D eigenvalue weighted by Gasteiger charge is 2.24. The van der Waals surface area contributed by atoms with Crippen LogP contribution in [0.5, 0.6) is 5.75 Å². The highest BCUT2D eigenvalue weighted by Crippen LogP contribution is 2.34. The molecule has 4 rings (SSSR count). The number of carbonyl (C=O) groups excluding carboxylic acids is 1. The van der Waals surface area contributed by atoms with Gasteiger partial charge in [0.25, 0.3) is 5.91 Å². The molecule has 1 aliphatic rings. The molecule has 1 aromatic carbocycles. The Labute approximate surface area is 192 Å². The van der Waals surface area contributed by atoms with Crippen LogP contribution in [-0.4, -0.2) is 71.6 Å². The number of fused-ring (bicyclic) bond motifs is 1. The maximum Gasteiger partial charge on any atom is 0.280 e. The third kappa shape index (κ3) is 5.54. The van der Waals surface area contributed by atoms with Crippen molar-refractivity contribution in [1.82, 2.24) is 19.7 Å². The van der Waals surface area contributed by atoms with Crippen molar-refractivity contribution in [3.63, 3.8) is 0 Å². The van der Waals surface area contributed by atoms with Crippen molar-refractivity contribution in [1.29, 1.82) is 0 Å². The molecule has 3 heterocycles. The Hall–Kier alpha value is -2.20. The summed E-state index contributed by atoms with van der Waals surface area (Å²) in [6.07, 6.45) is 2.64. The average Bonchev–Trinajstić information content (AvgIpc) is 3.38. The van der Waals surface area contributed by atoms with Crippen molar-refractivity contribution >= 4 is 45.0 Å². The number of aryl methyl sites for hydroxylation is 1. The van der Waals surface area contributed by atoms with E-state index in [0.29, 0.717) is 24.0 Å². The molecule has 0 saturated carbocycles. The fraction of sp³-hybridized carbons (Fsp3) is 0.476. The number of rotatable bonds is 8. The fourth-order valence-electron chi connectivity index (χ4n) is 3.53. The van der Waals surface area contributed by atoms with Crippen molar-refractivity contribution in [2.24, 2.45) is 7.05 Å². The second-order valence-electron chi connectivity index (χ2n) is 7.17. The number of benzene rings is 1. The molecule has 168 valence electrons. The first kappa shape index (κ1) is 23.5. The van der Waals surface area contributed by atoms with E-state index >= 15 is 0 Å². The largest absolute Gasteiger partial charge is 0.492 e. The topological polar surface area (TPSA) is 72.7 Å². The first-order valence-corrected chi connectivity index (χ1v) is 11.1. The number of aromatic nitrogens is 3. The molecule has 1 fully saturated rings. The predicted octanol–water partition coefficient (Wildman–Crippen LogP) is 3.22. The van der Waals surface area contributed by atoms with Gasteiger partial charge in [0.2, 0.25) is 0 Å². The van der Waals surface area contributed by atoms with E-state index in [1.165, 1.54) is 11.3 Å². The summed E-state index contributed by atoms with van der Waals surface area (Å²) in [6.45, 7) is 7.45. The van der Waals surface area contributed by atoms with Crippen molar-refractivity contribution in [2.75, 3.05) is 50.9 Å². The van der Waals surface area contributed by atoms with Gasteiger partial charge in [-0.3, -0.25) is 19.3 Å². The summed E-state index contributed by atoms with van der Waals surface area (Å²) in [6, 6.07) is 7.63. The van der Waals surface area contributed by atoms with Crippen molar-refractivity contribution in [3.8, 4) is 5.75 Å². The van der Waals surface area contributed by atoms with Crippen LogP contribution < -0.4 is 9.64 Å². The van der Waals surface area contributed by atoms with Crippen LogP contribution in [0, 0.1) is 0 Å². The van der Waals surface area contributed by atoms with Gasteiger partial charge in [-0.15, -0.1) is 12.4 Å². The molecule has 0 radical (unpaired) electrons. The number of morpholine rings is 1. The highest BCUT2D eigenvalue weighted by atomic mass is 35.5. The lowest BCUT2D eigenvalue weighted by Crippen LogP contribution is -2.39. The third-order valence-electron chi connectivity index (χ3n) is 5.04. The number of hydrogen-bond donors (Lipinski definition) is 0. The number of thiazole rings is 1. The Morgan fingerprint density at radius 2 is 2.10 bits per heavy atom. The highest BCUT2D eigenvalue weighted by molar-refractivity contribution is 7.22. The molecule has 0 unspecified atom stereocenters. The third-order valence-corrected chi connectivity index (χ3v) is 6.08. The zero-order chi connectivity index (χ0) is 20.9. The molecular weight excluding hydrogens is 438 g/mol. The Balaban J connectivity index is 0.00000272. The van der Waals surface area contributed by atoms with Crippen LogP contribution in [0.3, 0.4) is 0 Å². The van der Waals surface area contributed by atoms with Gasteiger partial charge in [-0.1, -0.05) is 17.4 Å². The Kier molecular flexibility index (Phi) is 8.25. The lowest BCUT2D eigenvalue weighted by atomic mass is 10.3.